The van der Waals surface area contributed by atoms with E-state index in [1.54, 1.807) is 31.2 Å². The molecule has 1 aromatic carbocycles. The van der Waals surface area contributed by atoms with E-state index in [-0.39, 0.29) is 36.7 Å². The van der Waals surface area contributed by atoms with Crippen LogP contribution in [0.2, 0.25) is 0 Å². The van der Waals surface area contributed by atoms with Gasteiger partial charge >= 0.3 is 0 Å². The third-order valence-electron chi connectivity index (χ3n) is 6.73. The molecule has 0 unspecified atom stereocenters. The zero-order valence-electron chi connectivity index (χ0n) is 18.7. The molecule has 1 aromatic rings. The van der Waals surface area contributed by atoms with Gasteiger partial charge in [0.15, 0.2) is 0 Å². The third kappa shape index (κ3) is 5.17. The summed E-state index contributed by atoms with van der Waals surface area (Å²) < 4.78 is 40.5. The van der Waals surface area contributed by atoms with Crippen molar-refractivity contribution >= 4 is 15.9 Å². The van der Waals surface area contributed by atoms with Crippen LogP contribution in [0.1, 0.15) is 44.1 Å². The van der Waals surface area contributed by atoms with Crippen molar-refractivity contribution in [2.24, 2.45) is 0 Å². The summed E-state index contributed by atoms with van der Waals surface area (Å²) in [5.74, 6) is 0.111. The third-order valence-corrected chi connectivity index (χ3v) is 8.78. The van der Waals surface area contributed by atoms with Crippen LogP contribution in [0.15, 0.2) is 29.2 Å². The Kier molecular flexibility index (Phi) is 7.51. The van der Waals surface area contributed by atoms with Gasteiger partial charge < -0.3 is 19.5 Å². The van der Waals surface area contributed by atoms with Crippen LogP contribution < -0.4 is 0 Å². The van der Waals surface area contributed by atoms with Gasteiger partial charge in [-0.1, -0.05) is 18.2 Å². The number of nitrogens with zero attached hydrogens (tertiary/aromatic N) is 2. The smallest absolute Gasteiger partial charge is 0.243 e. The highest BCUT2D eigenvalue weighted by Gasteiger charge is 2.43. The number of aryl methyl sites for hydroxylation is 1. The van der Waals surface area contributed by atoms with E-state index in [4.69, 9.17) is 9.47 Å². The number of rotatable bonds is 4. The maximum Gasteiger partial charge on any atom is 0.243 e. The van der Waals surface area contributed by atoms with Crippen LogP contribution in [-0.2, 0) is 24.3 Å². The highest BCUT2D eigenvalue weighted by molar-refractivity contribution is 7.89. The van der Waals surface area contributed by atoms with Gasteiger partial charge in [-0.2, -0.15) is 4.31 Å². The Morgan fingerprint density at radius 1 is 1.12 bits per heavy atom. The predicted molar refractivity (Wildman–Crippen MR) is 119 cm³/mol. The molecule has 3 heterocycles. The Bertz CT molecular complexity index is 902. The number of piperidine rings is 1. The Balaban J connectivity index is 1.51. The normalized spacial score (nSPS) is 30.2. The number of benzene rings is 1. The van der Waals surface area contributed by atoms with E-state index in [1.807, 2.05) is 4.90 Å². The summed E-state index contributed by atoms with van der Waals surface area (Å²) in [6, 6.07) is 6.44. The molecule has 3 saturated heterocycles. The Labute approximate surface area is 190 Å². The number of hydrogen-bond donors (Lipinski definition) is 1. The number of ether oxygens (including phenoxy) is 2. The predicted octanol–water partition coefficient (Wildman–Crippen LogP) is 1.70. The summed E-state index contributed by atoms with van der Waals surface area (Å²) in [5, 5.41) is 10.3. The maximum absolute atomic E-state index is 13.6. The van der Waals surface area contributed by atoms with E-state index in [0.29, 0.717) is 24.8 Å². The molecule has 178 valence electrons. The average Bonchev–Trinajstić information content (AvgIpc) is 2.77. The topological polar surface area (TPSA) is 96.4 Å². The number of carbonyl (C=O) groups excluding carboxylic acids is 1. The van der Waals surface area contributed by atoms with Crippen molar-refractivity contribution in [1.82, 2.24) is 9.21 Å². The first-order valence-corrected chi connectivity index (χ1v) is 13.1. The molecule has 1 N–H and O–H groups in total. The summed E-state index contributed by atoms with van der Waals surface area (Å²) in [7, 11) is -3.83. The van der Waals surface area contributed by atoms with Gasteiger partial charge in [-0.3, -0.25) is 4.79 Å². The van der Waals surface area contributed by atoms with Crippen LogP contribution in [-0.4, -0.2) is 85.8 Å². The minimum absolute atomic E-state index is 0.0431. The Hall–Kier alpha value is -1.52. The van der Waals surface area contributed by atoms with Crippen molar-refractivity contribution in [1.29, 1.82) is 0 Å². The number of carbonyl (C=O) groups is 1. The lowest BCUT2D eigenvalue weighted by Gasteiger charge is -2.44. The number of aliphatic hydroxyl groups is 1. The molecule has 0 spiro atoms. The molecule has 0 aromatic heterocycles. The fourth-order valence-corrected chi connectivity index (χ4v) is 6.95. The lowest BCUT2D eigenvalue weighted by Crippen LogP contribution is -2.57. The molecule has 1 amide bonds. The summed E-state index contributed by atoms with van der Waals surface area (Å²) in [6.45, 7) is 3.58. The van der Waals surface area contributed by atoms with Gasteiger partial charge in [-0.25, -0.2) is 8.42 Å². The number of β-amino-alcohol motifs (C(OH)–C–C–N with tert-alkyl or cyclic N) is 1. The lowest BCUT2D eigenvalue weighted by molar-refractivity contribution is -0.152. The van der Waals surface area contributed by atoms with E-state index in [1.165, 1.54) is 10.7 Å². The SMILES string of the molecule is Cc1ccccc1S(=O)(=O)N1C[C@H](O)COC[C@@H]2O[C@H](CC(=O)N3CCCCC3)CC[C@H]21. The van der Waals surface area contributed by atoms with Crippen molar-refractivity contribution in [3.05, 3.63) is 29.8 Å². The van der Waals surface area contributed by atoms with Crippen LogP contribution in [0, 0.1) is 6.92 Å². The van der Waals surface area contributed by atoms with Crippen molar-refractivity contribution in [2.45, 2.75) is 74.7 Å². The van der Waals surface area contributed by atoms with Crippen LogP contribution >= 0.6 is 0 Å². The van der Waals surface area contributed by atoms with Crippen LogP contribution in [0.25, 0.3) is 0 Å². The van der Waals surface area contributed by atoms with Gasteiger partial charge in [0.25, 0.3) is 0 Å². The molecule has 0 saturated carbocycles. The molecule has 9 heteroatoms. The minimum atomic E-state index is -3.83. The first-order chi connectivity index (χ1) is 15.4. The average molecular weight is 467 g/mol. The molecule has 0 radical (unpaired) electrons. The minimum Gasteiger partial charge on any atom is -0.389 e. The number of hydrogen-bond acceptors (Lipinski definition) is 6. The second-order valence-corrected chi connectivity index (χ2v) is 11.0. The van der Waals surface area contributed by atoms with Gasteiger partial charge in [0.1, 0.15) is 0 Å². The molecule has 0 bridgehead atoms. The molecule has 4 rings (SSSR count). The second kappa shape index (κ2) is 10.2. The number of aliphatic hydroxyl groups excluding tert-OH is 1. The molecular weight excluding hydrogens is 432 g/mol. The molecular formula is C23H34N2O6S. The summed E-state index contributed by atoms with van der Waals surface area (Å²) >= 11 is 0. The number of amides is 1. The first-order valence-electron chi connectivity index (χ1n) is 11.6. The molecule has 3 aliphatic heterocycles. The van der Waals surface area contributed by atoms with E-state index in [0.717, 1.165) is 25.9 Å². The highest BCUT2D eigenvalue weighted by atomic mass is 32.2. The fourth-order valence-electron chi connectivity index (χ4n) is 5.01. The van der Waals surface area contributed by atoms with Gasteiger partial charge in [-0.15, -0.1) is 0 Å². The van der Waals surface area contributed by atoms with Gasteiger partial charge in [0.2, 0.25) is 15.9 Å². The second-order valence-electron chi connectivity index (χ2n) is 9.12. The van der Waals surface area contributed by atoms with Gasteiger partial charge in [-0.05, 0) is 50.7 Å². The van der Waals surface area contributed by atoms with E-state index < -0.39 is 28.3 Å². The summed E-state index contributed by atoms with van der Waals surface area (Å²) in [6.07, 6.45) is 3.09. The molecule has 0 aliphatic carbocycles. The maximum atomic E-state index is 13.6. The molecule has 32 heavy (non-hydrogen) atoms. The highest BCUT2D eigenvalue weighted by Crippen LogP contribution is 2.32. The van der Waals surface area contributed by atoms with E-state index in [2.05, 4.69) is 0 Å². The molecule has 4 atom stereocenters. The lowest BCUT2D eigenvalue weighted by atomic mass is 9.96. The Morgan fingerprint density at radius 2 is 1.88 bits per heavy atom. The van der Waals surface area contributed by atoms with Crippen molar-refractivity contribution in [3.8, 4) is 0 Å². The van der Waals surface area contributed by atoms with E-state index >= 15 is 0 Å². The fraction of sp³-hybridized carbons (Fsp3) is 0.696. The van der Waals surface area contributed by atoms with Gasteiger partial charge in [0.05, 0.1) is 48.9 Å². The zero-order chi connectivity index (χ0) is 22.7. The molecule has 3 aliphatic rings. The van der Waals surface area contributed by atoms with Crippen molar-refractivity contribution in [3.63, 3.8) is 0 Å². The monoisotopic (exact) mass is 466 g/mol. The van der Waals surface area contributed by atoms with Crippen LogP contribution in [0.5, 0.6) is 0 Å². The number of fused-ring (bicyclic) bond motifs is 1. The summed E-state index contributed by atoms with van der Waals surface area (Å²) in [5.41, 5.74) is 0.665. The van der Waals surface area contributed by atoms with Crippen LogP contribution in [0.4, 0.5) is 0 Å². The van der Waals surface area contributed by atoms with Crippen molar-refractivity contribution in [2.75, 3.05) is 32.8 Å². The number of sulfonamides is 1. The number of likely N-dealkylation sites (tertiary alicyclic amines) is 1. The first kappa shape index (κ1) is 23.6. The van der Waals surface area contributed by atoms with Crippen LogP contribution in [0.3, 0.4) is 0 Å². The van der Waals surface area contributed by atoms with Gasteiger partial charge in [0, 0.05) is 19.6 Å². The molecule has 3 fully saturated rings. The summed E-state index contributed by atoms with van der Waals surface area (Å²) in [4.78, 5) is 14.9. The largest absolute Gasteiger partial charge is 0.389 e. The Morgan fingerprint density at radius 3 is 2.62 bits per heavy atom. The van der Waals surface area contributed by atoms with Crippen molar-refractivity contribution < 1.29 is 27.8 Å². The standard InChI is InChI=1S/C23H34N2O6S/c1-17-7-3-4-8-22(17)32(28,29)25-14-18(26)15-30-16-21-20(25)10-9-19(31-21)13-23(27)24-11-5-2-6-12-24/h3-4,7-8,18-21,26H,2,5-6,9-16H2,1H3/t18-,19-,20+,21-/m0/s1. The van der Waals surface area contributed by atoms with E-state index in [9.17, 15) is 18.3 Å². The quantitative estimate of drug-likeness (QED) is 0.726. The zero-order valence-corrected chi connectivity index (χ0v) is 19.5. The molecule has 8 nitrogen and oxygen atoms in total.